The zero-order valence-corrected chi connectivity index (χ0v) is 26.0. The summed E-state index contributed by atoms with van der Waals surface area (Å²) in [6, 6.07) is 0. The zero-order chi connectivity index (χ0) is 23.2. The Morgan fingerprint density at radius 3 is 0.828 bits per heavy atom. The van der Waals surface area contributed by atoms with E-state index in [0.29, 0.717) is 0 Å². The first-order valence-electron chi connectivity index (χ1n) is 11.3. The molecule has 0 aromatic rings. The Morgan fingerprint density at radius 1 is 0.586 bits per heavy atom. The molecule has 0 saturated carbocycles. The van der Waals surface area contributed by atoms with Gasteiger partial charge in [-0.15, -0.1) is 0 Å². The van der Waals surface area contributed by atoms with Gasteiger partial charge in [-0.3, -0.25) is 0 Å². The Hall–Kier alpha value is 1.22. The number of hydrogen-bond acceptors (Lipinski definition) is 0. The zero-order valence-electron chi connectivity index (χ0n) is 22.6. The van der Waals surface area contributed by atoms with Crippen molar-refractivity contribution in [2.75, 3.05) is 0 Å². The molecule has 0 heterocycles. The van der Waals surface area contributed by atoms with Crippen LogP contribution in [0.2, 0.25) is 0 Å². The van der Waals surface area contributed by atoms with E-state index in [1.165, 1.54) is 0 Å². The van der Waals surface area contributed by atoms with Gasteiger partial charge in [-0.25, -0.2) is 0 Å². The Labute approximate surface area is 203 Å². The summed E-state index contributed by atoms with van der Waals surface area (Å²) in [7, 11) is 0.525. The van der Waals surface area contributed by atoms with Gasteiger partial charge < -0.3 is 0 Å². The predicted molar refractivity (Wildman–Crippen MR) is 142 cm³/mol. The SMILES string of the molecule is CC(C)P(C(C)C)C(C)C.CC(C)P(C(C)C)C(C)C.[CH2][CH][C]=CC(C)(C)C.[Rh]. The maximum absolute atomic E-state index is 3.52. The normalized spacial score (nSPS) is 12.3. The Balaban J connectivity index is -0.000000160. The van der Waals surface area contributed by atoms with Crippen LogP contribution in [0.5, 0.6) is 0 Å². The first-order valence-corrected chi connectivity index (χ1v) is 14.4. The van der Waals surface area contributed by atoms with E-state index in [-0.39, 0.29) is 40.7 Å². The van der Waals surface area contributed by atoms with Crippen molar-refractivity contribution in [3.8, 4) is 0 Å². The average molecular weight is 533 g/mol. The summed E-state index contributed by atoms with van der Waals surface area (Å²) in [5.74, 6) is 0. The average Bonchev–Trinajstić information content (AvgIpc) is 2.42. The van der Waals surface area contributed by atoms with Gasteiger partial charge in [0.25, 0.3) is 0 Å². The fourth-order valence-electron chi connectivity index (χ4n) is 3.89. The monoisotopic (exact) mass is 532 g/mol. The Morgan fingerprint density at radius 2 is 0.793 bits per heavy atom. The number of hydrogen-bond donors (Lipinski definition) is 0. The second kappa shape index (κ2) is 19.9. The van der Waals surface area contributed by atoms with Gasteiger partial charge in [0.05, 0.1) is 0 Å². The van der Waals surface area contributed by atoms with Gasteiger partial charge in [0.2, 0.25) is 0 Å². The minimum absolute atomic E-state index is 0. The summed E-state index contributed by atoms with van der Waals surface area (Å²) >= 11 is 0. The summed E-state index contributed by atoms with van der Waals surface area (Å²) in [6.07, 6.45) is 6.60. The first kappa shape index (κ1) is 37.5. The summed E-state index contributed by atoms with van der Waals surface area (Å²) in [6.45, 7) is 38.1. The topological polar surface area (TPSA) is 0 Å². The fraction of sp³-hybridized carbons (Fsp3) is 0.846. The van der Waals surface area contributed by atoms with Crippen LogP contribution in [0, 0.1) is 24.8 Å². The van der Waals surface area contributed by atoms with E-state index in [1.54, 1.807) is 6.42 Å². The number of allylic oxidation sites excluding steroid dienone is 2. The van der Waals surface area contributed by atoms with Gasteiger partial charge in [0.1, 0.15) is 0 Å². The molecule has 29 heavy (non-hydrogen) atoms. The fourth-order valence-corrected chi connectivity index (χ4v) is 11.0. The second-order valence-corrected chi connectivity index (χ2v) is 18.3. The van der Waals surface area contributed by atoms with Crippen LogP contribution in [0.15, 0.2) is 6.08 Å². The Kier molecular flexibility index (Phi) is 25.7. The standard InChI is InChI=1S/2C9H21P.C8H13.Rh/c2*1-7(2)10(8(3)4)9(5)6;1-5-6-7-8(2,3)4;/h2*7-9H,1-6H3;5,7H,1H2,2-4H3;. The van der Waals surface area contributed by atoms with Crippen molar-refractivity contribution in [3.05, 3.63) is 25.5 Å². The molecule has 0 bridgehead atoms. The van der Waals surface area contributed by atoms with Crippen LogP contribution in [0.1, 0.15) is 104 Å². The van der Waals surface area contributed by atoms with Crippen molar-refractivity contribution in [2.24, 2.45) is 5.41 Å². The molecule has 0 saturated heterocycles. The van der Waals surface area contributed by atoms with Gasteiger partial charge in [0.15, 0.2) is 0 Å². The maximum Gasteiger partial charge on any atom is 0 e. The molecule has 0 nitrogen and oxygen atoms in total. The molecular weight excluding hydrogens is 477 g/mol. The molecule has 0 amide bonds. The van der Waals surface area contributed by atoms with Crippen LogP contribution in [-0.2, 0) is 19.5 Å². The molecule has 0 aliphatic rings. The molecule has 0 unspecified atom stereocenters. The smallest absolute Gasteiger partial charge is 0 e. The van der Waals surface area contributed by atoms with Crippen LogP contribution in [0.3, 0.4) is 0 Å². The number of rotatable bonds is 7. The third kappa shape index (κ3) is 23.7. The van der Waals surface area contributed by atoms with Crippen molar-refractivity contribution in [3.63, 3.8) is 0 Å². The molecular formula is C26H55P2Rh. The van der Waals surface area contributed by atoms with Crippen LogP contribution < -0.4 is 0 Å². The third-order valence-corrected chi connectivity index (χ3v) is 11.4. The molecule has 0 aromatic carbocycles. The molecule has 0 atom stereocenters. The van der Waals surface area contributed by atoms with Gasteiger partial charge in [0, 0.05) is 19.5 Å². The quantitative estimate of drug-likeness (QED) is 0.226. The molecule has 178 valence electrons. The molecule has 0 aromatic heterocycles. The molecule has 0 aliphatic carbocycles. The van der Waals surface area contributed by atoms with Crippen molar-refractivity contribution in [2.45, 2.75) is 138 Å². The van der Waals surface area contributed by atoms with Gasteiger partial charge in [-0.05, 0) is 58.8 Å². The van der Waals surface area contributed by atoms with Crippen LogP contribution >= 0.6 is 15.8 Å². The Bertz CT molecular complexity index is 301. The van der Waals surface area contributed by atoms with Crippen molar-refractivity contribution >= 4 is 15.8 Å². The van der Waals surface area contributed by atoms with E-state index < -0.39 is 0 Å². The summed E-state index contributed by atoms with van der Waals surface area (Å²) in [5, 5.41) is 0. The van der Waals surface area contributed by atoms with E-state index in [9.17, 15) is 0 Å². The van der Waals surface area contributed by atoms with Crippen LogP contribution in [0.4, 0.5) is 0 Å². The summed E-state index contributed by atoms with van der Waals surface area (Å²) in [4.78, 5) is 0. The molecule has 0 aliphatic heterocycles. The molecule has 3 heteroatoms. The molecule has 0 fully saturated rings. The van der Waals surface area contributed by atoms with Crippen LogP contribution in [0.25, 0.3) is 0 Å². The molecule has 4 radical (unpaired) electrons. The summed E-state index contributed by atoms with van der Waals surface area (Å²) in [5.41, 5.74) is 5.63. The van der Waals surface area contributed by atoms with E-state index >= 15 is 0 Å². The predicted octanol–water partition coefficient (Wildman–Crippen LogP) is 9.81. The van der Waals surface area contributed by atoms with E-state index in [1.807, 2.05) is 6.08 Å². The van der Waals surface area contributed by atoms with Gasteiger partial charge in [-0.2, -0.15) is 0 Å². The minimum Gasteiger partial charge on any atom is -0.0988 e. The van der Waals surface area contributed by atoms with Gasteiger partial charge >= 0.3 is 0 Å². The largest absolute Gasteiger partial charge is 0.0988 e. The van der Waals surface area contributed by atoms with E-state index in [0.717, 1.165) is 34.0 Å². The summed E-state index contributed by atoms with van der Waals surface area (Å²) < 4.78 is 0. The molecule has 0 rings (SSSR count). The van der Waals surface area contributed by atoms with E-state index in [2.05, 4.69) is 117 Å². The van der Waals surface area contributed by atoms with Crippen molar-refractivity contribution < 1.29 is 19.5 Å². The van der Waals surface area contributed by atoms with Crippen LogP contribution in [-0.4, -0.2) is 34.0 Å². The van der Waals surface area contributed by atoms with E-state index in [4.69, 9.17) is 0 Å². The van der Waals surface area contributed by atoms with Crippen molar-refractivity contribution in [1.29, 1.82) is 0 Å². The maximum atomic E-state index is 3.52. The minimum atomic E-state index is 0. The third-order valence-electron chi connectivity index (χ3n) is 4.21. The first-order chi connectivity index (χ1) is 12.5. The molecule has 0 spiro atoms. The van der Waals surface area contributed by atoms with Gasteiger partial charge in [-0.1, -0.05) is 126 Å². The second-order valence-electron chi connectivity index (χ2n) is 10.3. The van der Waals surface area contributed by atoms with Crippen molar-refractivity contribution in [1.82, 2.24) is 0 Å². The molecule has 0 N–H and O–H groups in total.